The van der Waals surface area contributed by atoms with Crippen LogP contribution in [0.4, 0.5) is 4.79 Å². The second-order valence-electron chi connectivity index (χ2n) is 5.97. The van der Waals surface area contributed by atoms with Crippen molar-refractivity contribution in [3.63, 3.8) is 0 Å². The minimum atomic E-state index is -0.181. The number of nitrogens with one attached hydrogen (secondary N) is 3. The van der Waals surface area contributed by atoms with Gasteiger partial charge in [-0.1, -0.05) is 41.4 Å². The third-order valence-electron chi connectivity index (χ3n) is 4.01. The first kappa shape index (κ1) is 18.5. The molecule has 0 saturated heterocycles. The highest BCUT2D eigenvalue weighted by atomic mass is 35.5. The van der Waals surface area contributed by atoms with Gasteiger partial charge in [-0.2, -0.15) is 0 Å². The van der Waals surface area contributed by atoms with Crippen molar-refractivity contribution in [3.05, 3.63) is 63.9 Å². The van der Waals surface area contributed by atoms with Crippen LogP contribution in [0, 0.1) is 0 Å². The number of fused-ring (bicyclic) bond motifs is 1. The van der Waals surface area contributed by atoms with Gasteiger partial charge in [-0.05, 0) is 42.7 Å². The third-order valence-corrected chi connectivity index (χ3v) is 4.60. The molecule has 0 unspecified atom stereocenters. The maximum Gasteiger partial charge on any atom is 0.314 e. The van der Waals surface area contributed by atoms with E-state index in [0.29, 0.717) is 29.6 Å². The van der Waals surface area contributed by atoms with E-state index in [0.717, 1.165) is 35.3 Å². The van der Waals surface area contributed by atoms with Crippen molar-refractivity contribution in [2.75, 3.05) is 13.1 Å². The first-order valence-electron chi connectivity index (χ1n) is 8.51. The number of carbonyl (C=O) groups excluding carboxylic acids is 1. The summed E-state index contributed by atoms with van der Waals surface area (Å²) in [7, 11) is 0. The van der Waals surface area contributed by atoms with Crippen LogP contribution >= 0.6 is 23.2 Å². The molecule has 136 valence electrons. The molecule has 3 aromatic rings. The second-order valence-corrected chi connectivity index (χ2v) is 6.82. The molecule has 1 aromatic heterocycles. The lowest BCUT2D eigenvalue weighted by atomic mass is 10.1. The van der Waals surface area contributed by atoms with Gasteiger partial charge >= 0.3 is 6.03 Å². The summed E-state index contributed by atoms with van der Waals surface area (Å²) in [6, 6.07) is 13.1. The van der Waals surface area contributed by atoms with E-state index < -0.39 is 0 Å². The zero-order chi connectivity index (χ0) is 18.4. The average Bonchev–Trinajstić information content (AvgIpc) is 3.03. The van der Waals surface area contributed by atoms with Crippen molar-refractivity contribution in [1.29, 1.82) is 0 Å². The molecular formula is C19H20Cl2N4O. The van der Waals surface area contributed by atoms with Gasteiger partial charge in [0, 0.05) is 29.6 Å². The number of hydrogen-bond donors (Lipinski definition) is 3. The number of aromatic amines is 1. The number of amides is 2. The van der Waals surface area contributed by atoms with Crippen molar-refractivity contribution in [3.8, 4) is 0 Å². The molecule has 3 rings (SSSR count). The molecule has 26 heavy (non-hydrogen) atoms. The lowest BCUT2D eigenvalue weighted by Gasteiger charge is -2.08. The Morgan fingerprint density at radius 2 is 1.85 bits per heavy atom. The maximum absolute atomic E-state index is 11.8. The molecular weight excluding hydrogens is 371 g/mol. The van der Waals surface area contributed by atoms with Crippen molar-refractivity contribution in [2.24, 2.45) is 0 Å². The van der Waals surface area contributed by atoms with E-state index in [1.54, 1.807) is 12.1 Å². The van der Waals surface area contributed by atoms with Crippen molar-refractivity contribution >= 4 is 40.3 Å². The summed E-state index contributed by atoms with van der Waals surface area (Å²) >= 11 is 12.0. The molecule has 0 aliphatic rings. The lowest BCUT2D eigenvalue weighted by molar-refractivity contribution is 0.241. The summed E-state index contributed by atoms with van der Waals surface area (Å²) in [4.78, 5) is 19.6. The highest BCUT2D eigenvalue weighted by Gasteiger charge is 2.05. The summed E-state index contributed by atoms with van der Waals surface area (Å²) in [5.74, 6) is 0.936. The quantitative estimate of drug-likeness (QED) is 0.525. The number of aromatic nitrogens is 2. The second kappa shape index (κ2) is 8.92. The van der Waals surface area contributed by atoms with Crippen molar-refractivity contribution in [2.45, 2.75) is 19.3 Å². The number of benzene rings is 2. The largest absolute Gasteiger partial charge is 0.342 e. The van der Waals surface area contributed by atoms with Gasteiger partial charge in [0.1, 0.15) is 5.82 Å². The van der Waals surface area contributed by atoms with Crippen LogP contribution in [0.25, 0.3) is 11.0 Å². The predicted octanol–water partition coefficient (Wildman–Crippen LogP) is 4.34. The zero-order valence-electron chi connectivity index (χ0n) is 14.2. The smallest absolute Gasteiger partial charge is 0.314 e. The van der Waals surface area contributed by atoms with Crippen LogP contribution in [0.2, 0.25) is 10.0 Å². The summed E-state index contributed by atoms with van der Waals surface area (Å²) < 4.78 is 0. The Bertz CT molecular complexity index is 861. The highest BCUT2D eigenvalue weighted by molar-refractivity contribution is 6.35. The van der Waals surface area contributed by atoms with Crippen LogP contribution in [0.5, 0.6) is 0 Å². The third kappa shape index (κ3) is 5.13. The summed E-state index contributed by atoms with van der Waals surface area (Å²) in [5.41, 5.74) is 2.96. The van der Waals surface area contributed by atoms with Crippen LogP contribution in [0.3, 0.4) is 0 Å². The van der Waals surface area contributed by atoms with Gasteiger partial charge in [-0.3, -0.25) is 0 Å². The number of aryl methyl sites for hydroxylation is 1. The Morgan fingerprint density at radius 1 is 1.04 bits per heavy atom. The topological polar surface area (TPSA) is 69.8 Å². The van der Waals surface area contributed by atoms with Gasteiger partial charge in [-0.15, -0.1) is 0 Å². The molecule has 0 fully saturated rings. The monoisotopic (exact) mass is 390 g/mol. The zero-order valence-corrected chi connectivity index (χ0v) is 15.7. The number of nitrogens with zero attached hydrogens (tertiary/aromatic N) is 1. The molecule has 0 aliphatic carbocycles. The number of imidazole rings is 1. The number of halogens is 2. The van der Waals surface area contributed by atoms with Gasteiger partial charge in [0.15, 0.2) is 0 Å². The molecule has 0 bridgehead atoms. The van der Waals surface area contributed by atoms with Crippen LogP contribution in [0.1, 0.15) is 17.8 Å². The number of carbonyl (C=O) groups is 1. The van der Waals surface area contributed by atoms with Gasteiger partial charge in [0.2, 0.25) is 0 Å². The standard InChI is InChI=1S/C19H20Cl2N4O/c20-14-8-7-13(15(21)12-14)9-11-23-19(26)22-10-3-6-18-24-16-4-1-2-5-17(16)25-18/h1-2,4-5,7-8,12H,3,6,9-11H2,(H,24,25)(H2,22,23,26). The SMILES string of the molecule is O=C(NCCCc1nc2ccccc2[nH]1)NCCc1ccc(Cl)cc1Cl. The Balaban J connectivity index is 1.34. The van der Waals surface area contributed by atoms with Crippen LogP contribution in [0.15, 0.2) is 42.5 Å². The fourth-order valence-electron chi connectivity index (χ4n) is 2.68. The lowest BCUT2D eigenvalue weighted by Crippen LogP contribution is -2.37. The van der Waals surface area contributed by atoms with E-state index in [9.17, 15) is 4.79 Å². The first-order chi connectivity index (χ1) is 12.6. The van der Waals surface area contributed by atoms with Gasteiger partial charge in [-0.25, -0.2) is 9.78 Å². The number of hydrogen-bond acceptors (Lipinski definition) is 2. The van der Waals surface area contributed by atoms with E-state index in [-0.39, 0.29) is 6.03 Å². The van der Waals surface area contributed by atoms with E-state index in [4.69, 9.17) is 23.2 Å². The number of para-hydroxylation sites is 2. The van der Waals surface area contributed by atoms with Crippen molar-refractivity contribution < 1.29 is 4.79 Å². The molecule has 2 aromatic carbocycles. The van der Waals surface area contributed by atoms with Gasteiger partial charge < -0.3 is 15.6 Å². The molecule has 3 N–H and O–H groups in total. The van der Waals surface area contributed by atoms with Crippen molar-refractivity contribution in [1.82, 2.24) is 20.6 Å². The minimum absolute atomic E-state index is 0.181. The van der Waals surface area contributed by atoms with E-state index in [1.807, 2.05) is 30.3 Å². The Hall–Kier alpha value is -2.24. The number of rotatable bonds is 7. The fraction of sp³-hybridized carbons (Fsp3) is 0.263. The average molecular weight is 391 g/mol. The van der Waals surface area contributed by atoms with Crippen LogP contribution in [-0.4, -0.2) is 29.1 Å². The van der Waals surface area contributed by atoms with Gasteiger partial charge in [0.05, 0.1) is 11.0 Å². The molecule has 0 spiro atoms. The number of H-pyrrole nitrogens is 1. The Kier molecular flexibility index (Phi) is 6.36. The van der Waals surface area contributed by atoms with Crippen LogP contribution in [-0.2, 0) is 12.8 Å². The predicted molar refractivity (Wildman–Crippen MR) is 106 cm³/mol. The Morgan fingerprint density at radius 3 is 2.65 bits per heavy atom. The normalized spacial score (nSPS) is 10.8. The van der Waals surface area contributed by atoms with E-state index in [2.05, 4.69) is 20.6 Å². The van der Waals surface area contributed by atoms with Crippen LogP contribution < -0.4 is 10.6 Å². The molecule has 0 aliphatic heterocycles. The van der Waals surface area contributed by atoms with Gasteiger partial charge in [0.25, 0.3) is 0 Å². The highest BCUT2D eigenvalue weighted by Crippen LogP contribution is 2.21. The first-order valence-corrected chi connectivity index (χ1v) is 9.26. The van der Waals surface area contributed by atoms with E-state index in [1.165, 1.54) is 0 Å². The summed E-state index contributed by atoms with van der Waals surface area (Å²) in [6.45, 7) is 1.10. The van der Waals surface area contributed by atoms with E-state index >= 15 is 0 Å². The fourth-order valence-corrected chi connectivity index (χ4v) is 3.18. The molecule has 1 heterocycles. The molecule has 0 atom stereocenters. The molecule has 0 radical (unpaired) electrons. The summed E-state index contributed by atoms with van der Waals surface area (Å²) in [6.07, 6.45) is 2.26. The minimum Gasteiger partial charge on any atom is -0.342 e. The maximum atomic E-state index is 11.8. The number of urea groups is 1. The molecule has 0 saturated carbocycles. The summed E-state index contributed by atoms with van der Waals surface area (Å²) in [5, 5.41) is 6.90. The molecule has 2 amide bonds. The Labute approximate surface area is 162 Å². The molecule has 7 heteroatoms. The molecule has 5 nitrogen and oxygen atoms in total.